The molecule has 0 rings (SSSR count). The van der Waals surface area contributed by atoms with Crippen LogP contribution in [-0.2, 0) is 42.3 Å². The molecular formula is C18H34O2Y-2. The first-order valence-electron chi connectivity index (χ1n) is 7.47. The van der Waals surface area contributed by atoms with Gasteiger partial charge in [-0.15, -0.1) is 5.92 Å². The van der Waals surface area contributed by atoms with Gasteiger partial charge in [0.2, 0.25) is 0 Å². The molecule has 0 saturated heterocycles. The second kappa shape index (κ2) is 11.9. The van der Waals surface area contributed by atoms with Crippen molar-refractivity contribution in [3.8, 4) is 0 Å². The summed E-state index contributed by atoms with van der Waals surface area (Å²) in [7, 11) is 0. The van der Waals surface area contributed by atoms with Gasteiger partial charge in [0.1, 0.15) is 11.6 Å². The Kier molecular flexibility index (Phi) is 15.0. The minimum atomic E-state index is -0.252. The van der Waals surface area contributed by atoms with E-state index in [0.717, 1.165) is 19.3 Å². The molecule has 2 nitrogen and oxygen atoms in total. The van der Waals surface area contributed by atoms with Crippen molar-refractivity contribution in [3.05, 3.63) is 13.8 Å². The molecule has 0 heterocycles. The van der Waals surface area contributed by atoms with Gasteiger partial charge in [-0.05, 0) is 12.3 Å². The predicted octanol–water partition coefficient (Wildman–Crippen LogP) is 5.07. The van der Waals surface area contributed by atoms with Crippen molar-refractivity contribution < 1.29 is 42.3 Å². The van der Waals surface area contributed by atoms with E-state index >= 15 is 0 Å². The van der Waals surface area contributed by atoms with Crippen LogP contribution in [0.4, 0.5) is 0 Å². The summed E-state index contributed by atoms with van der Waals surface area (Å²) in [5.41, 5.74) is -0.0645. The molecule has 0 amide bonds. The van der Waals surface area contributed by atoms with Gasteiger partial charge in [0, 0.05) is 44.5 Å². The van der Waals surface area contributed by atoms with Crippen LogP contribution in [0.5, 0.6) is 0 Å². The van der Waals surface area contributed by atoms with Gasteiger partial charge in [-0.2, -0.15) is 6.42 Å². The fourth-order valence-electron chi connectivity index (χ4n) is 1.82. The normalized spacial score (nSPS) is 12.6. The molecule has 0 aromatic heterocycles. The maximum absolute atomic E-state index is 11.8. The number of ketones is 2. The first-order chi connectivity index (χ1) is 8.81. The summed E-state index contributed by atoms with van der Waals surface area (Å²) in [4.78, 5) is 22.0. The van der Waals surface area contributed by atoms with Crippen molar-refractivity contribution in [2.45, 2.75) is 74.1 Å². The molecule has 3 heteroatoms. The summed E-state index contributed by atoms with van der Waals surface area (Å²) in [5.74, 6) is 0.464. The summed E-state index contributed by atoms with van der Waals surface area (Å²) >= 11 is 0. The Bertz CT molecular complexity index is 295. The van der Waals surface area contributed by atoms with Gasteiger partial charge < -0.3 is 23.4 Å². The molecule has 0 aromatic carbocycles. The molecule has 123 valence electrons. The second-order valence-corrected chi connectivity index (χ2v) is 7.74. The number of carbonyl (C=O) groups is 2. The number of carbonyl (C=O) groups excluding carboxylic acids is 2. The van der Waals surface area contributed by atoms with Crippen molar-refractivity contribution in [3.63, 3.8) is 0 Å². The minimum Gasteiger partial charge on any atom is -0.343 e. The smallest absolute Gasteiger partial charge is 0.129 e. The molecule has 0 aliphatic heterocycles. The molecular weight excluding hydrogens is 337 g/mol. The Hall–Kier alpha value is 0.444. The third-order valence-corrected chi connectivity index (χ3v) is 2.75. The van der Waals surface area contributed by atoms with Crippen LogP contribution in [0.2, 0.25) is 0 Å². The molecule has 0 aromatic rings. The molecule has 0 bridgehead atoms. The maximum Gasteiger partial charge on any atom is 0.129 e. The fourth-order valence-corrected chi connectivity index (χ4v) is 1.82. The van der Waals surface area contributed by atoms with E-state index in [1.807, 2.05) is 20.8 Å². The van der Waals surface area contributed by atoms with Gasteiger partial charge in [0.25, 0.3) is 0 Å². The molecule has 0 aliphatic carbocycles. The van der Waals surface area contributed by atoms with Crippen LogP contribution in [0, 0.1) is 30.6 Å². The van der Waals surface area contributed by atoms with Crippen LogP contribution < -0.4 is 0 Å². The van der Waals surface area contributed by atoms with E-state index in [4.69, 9.17) is 0 Å². The summed E-state index contributed by atoms with van der Waals surface area (Å²) in [5, 5.41) is 0. The topological polar surface area (TPSA) is 34.1 Å². The molecule has 0 fully saturated rings. The summed E-state index contributed by atoms with van der Waals surface area (Å²) < 4.78 is 0. The zero-order valence-corrected chi connectivity index (χ0v) is 18.1. The number of Topliss-reactive ketones (excluding diaryl/α,β-unsaturated/α-hetero) is 2. The van der Waals surface area contributed by atoms with E-state index < -0.39 is 0 Å². The second-order valence-electron chi connectivity index (χ2n) is 7.74. The quantitative estimate of drug-likeness (QED) is 0.633. The van der Waals surface area contributed by atoms with Crippen molar-refractivity contribution in [2.24, 2.45) is 16.7 Å². The predicted molar refractivity (Wildman–Crippen MR) is 87.3 cm³/mol. The molecule has 21 heavy (non-hydrogen) atoms. The zero-order valence-electron chi connectivity index (χ0n) is 15.2. The molecule has 0 N–H and O–H groups in total. The van der Waals surface area contributed by atoms with Crippen LogP contribution in [-0.4, -0.2) is 11.6 Å². The Morgan fingerprint density at radius 3 is 1.67 bits per heavy atom. The average Bonchev–Trinajstić information content (AvgIpc) is 2.22. The van der Waals surface area contributed by atoms with E-state index in [1.165, 1.54) is 0 Å². The number of hydrogen-bond donors (Lipinski definition) is 0. The zero-order chi connectivity index (χ0) is 16.6. The van der Waals surface area contributed by atoms with E-state index in [2.05, 4.69) is 34.6 Å². The SMILES string of the molecule is [CH2-]C(CC(C)(C)C)C(=O)C(C)(C)C.[CH2-]CCCC(C)=O.[Y]. The van der Waals surface area contributed by atoms with Crippen LogP contribution in [0.3, 0.4) is 0 Å². The summed E-state index contributed by atoms with van der Waals surface area (Å²) in [6.07, 6.45) is 3.38. The summed E-state index contributed by atoms with van der Waals surface area (Å²) in [6, 6.07) is 0. The number of unbranched alkanes of at least 4 members (excludes halogenated alkanes) is 1. The van der Waals surface area contributed by atoms with Crippen LogP contribution in [0.15, 0.2) is 0 Å². The minimum absolute atomic E-state index is 0. The van der Waals surface area contributed by atoms with Crippen LogP contribution in [0.25, 0.3) is 0 Å². The van der Waals surface area contributed by atoms with E-state index in [0.29, 0.717) is 6.42 Å². The molecule has 0 aliphatic rings. The standard InChI is InChI=1S/C12H23O.C6H11O.Y/c1-9(8-11(2,3)4)10(13)12(5,6)7;1-3-4-5-6(2)7;/h9H,1,8H2,2-7H3;1,3-5H2,2H3;/q2*-1;. The van der Waals surface area contributed by atoms with Crippen molar-refractivity contribution in [2.75, 3.05) is 0 Å². The Morgan fingerprint density at radius 1 is 1.05 bits per heavy atom. The van der Waals surface area contributed by atoms with Gasteiger partial charge in [-0.25, -0.2) is 0 Å². The first kappa shape index (κ1) is 26.3. The number of hydrogen-bond acceptors (Lipinski definition) is 2. The molecule has 0 spiro atoms. The van der Waals surface area contributed by atoms with E-state index in [9.17, 15) is 9.59 Å². The molecule has 0 saturated carbocycles. The molecule has 1 unspecified atom stereocenters. The largest absolute Gasteiger partial charge is 0.343 e. The van der Waals surface area contributed by atoms with Crippen LogP contribution in [0.1, 0.15) is 74.1 Å². The first-order valence-corrected chi connectivity index (χ1v) is 7.47. The third-order valence-electron chi connectivity index (χ3n) is 2.75. The van der Waals surface area contributed by atoms with Gasteiger partial charge in [-0.1, -0.05) is 54.4 Å². The van der Waals surface area contributed by atoms with Gasteiger partial charge in [0.15, 0.2) is 0 Å². The van der Waals surface area contributed by atoms with E-state index in [1.54, 1.807) is 6.92 Å². The van der Waals surface area contributed by atoms with Crippen molar-refractivity contribution >= 4 is 11.6 Å². The Labute approximate surface area is 158 Å². The molecule has 1 radical (unpaired) electrons. The van der Waals surface area contributed by atoms with Gasteiger partial charge in [-0.3, -0.25) is 0 Å². The Morgan fingerprint density at radius 2 is 1.48 bits per heavy atom. The maximum atomic E-state index is 11.8. The Balaban J connectivity index is -0.000000347. The third kappa shape index (κ3) is 18.4. The van der Waals surface area contributed by atoms with Crippen LogP contribution >= 0.6 is 0 Å². The van der Waals surface area contributed by atoms with Crippen molar-refractivity contribution in [1.82, 2.24) is 0 Å². The summed E-state index contributed by atoms with van der Waals surface area (Å²) in [6.45, 7) is 21.4. The number of rotatable bonds is 5. The van der Waals surface area contributed by atoms with Gasteiger partial charge in [0.05, 0.1) is 0 Å². The van der Waals surface area contributed by atoms with Crippen molar-refractivity contribution in [1.29, 1.82) is 0 Å². The van der Waals surface area contributed by atoms with Gasteiger partial charge >= 0.3 is 0 Å². The van der Waals surface area contributed by atoms with E-state index in [-0.39, 0.29) is 61.0 Å². The molecule has 1 atom stereocenters. The fraction of sp³-hybridized carbons (Fsp3) is 0.778. The monoisotopic (exact) mass is 371 g/mol. The average molecular weight is 371 g/mol.